The minimum atomic E-state index is -0.205. The quantitative estimate of drug-likeness (QED) is 0.748. The fourth-order valence-electron chi connectivity index (χ4n) is 3.32. The van der Waals surface area contributed by atoms with Gasteiger partial charge in [0.15, 0.2) is 5.65 Å². The summed E-state index contributed by atoms with van der Waals surface area (Å²) in [6.07, 6.45) is 2.23. The number of carbonyl (C=O) groups is 1. The van der Waals surface area contributed by atoms with E-state index in [9.17, 15) is 4.79 Å². The van der Waals surface area contributed by atoms with Gasteiger partial charge >= 0.3 is 0 Å². The van der Waals surface area contributed by atoms with Crippen LogP contribution in [-0.2, 0) is 7.05 Å². The van der Waals surface area contributed by atoms with E-state index >= 15 is 0 Å². The van der Waals surface area contributed by atoms with E-state index in [1.54, 1.807) is 37.1 Å². The Morgan fingerprint density at radius 2 is 2.00 bits per heavy atom. The number of benzene rings is 1. The Kier molecular flexibility index (Phi) is 4.22. The van der Waals surface area contributed by atoms with Crippen molar-refractivity contribution in [2.75, 3.05) is 19.5 Å². The van der Waals surface area contributed by atoms with Crippen LogP contribution in [0.15, 0.2) is 24.3 Å². The molecule has 0 radical (unpaired) electrons. The lowest BCUT2D eigenvalue weighted by atomic mass is 10.1. The summed E-state index contributed by atoms with van der Waals surface area (Å²) in [7, 11) is 5.00. The molecule has 0 atom stereocenters. The first kappa shape index (κ1) is 17.3. The van der Waals surface area contributed by atoms with Crippen LogP contribution < -0.4 is 14.8 Å². The van der Waals surface area contributed by atoms with Crippen LogP contribution in [0.25, 0.3) is 11.0 Å². The van der Waals surface area contributed by atoms with Gasteiger partial charge in [-0.2, -0.15) is 5.10 Å². The summed E-state index contributed by atoms with van der Waals surface area (Å²) in [5.41, 5.74) is 3.66. The minimum absolute atomic E-state index is 0.205. The number of nitrogens with zero attached hydrogens (tertiary/aromatic N) is 3. The molecule has 4 rings (SSSR count). The topological polar surface area (TPSA) is 78.3 Å². The summed E-state index contributed by atoms with van der Waals surface area (Å²) in [4.78, 5) is 17.9. The van der Waals surface area contributed by atoms with Gasteiger partial charge in [-0.25, -0.2) is 4.98 Å². The van der Waals surface area contributed by atoms with Gasteiger partial charge in [0.25, 0.3) is 5.91 Å². The molecule has 27 heavy (non-hydrogen) atoms. The second-order valence-electron chi connectivity index (χ2n) is 6.80. The lowest BCUT2D eigenvalue weighted by Crippen LogP contribution is -2.14. The molecule has 3 aromatic rings. The second kappa shape index (κ2) is 6.57. The zero-order valence-electron chi connectivity index (χ0n) is 15.9. The number of hydrogen-bond donors (Lipinski definition) is 1. The fraction of sp³-hybridized carbons (Fsp3) is 0.350. The van der Waals surface area contributed by atoms with Crippen LogP contribution in [0.1, 0.15) is 40.5 Å². The highest BCUT2D eigenvalue weighted by molar-refractivity contribution is 6.13. The first-order valence-electron chi connectivity index (χ1n) is 8.89. The highest BCUT2D eigenvalue weighted by Gasteiger charge is 2.28. The van der Waals surface area contributed by atoms with E-state index in [4.69, 9.17) is 14.5 Å². The van der Waals surface area contributed by atoms with Gasteiger partial charge in [0.2, 0.25) is 0 Å². The first-order chi connectivity index (χ1) is 13.0. The average Bonchev–Trinajstić information content (AvgIpc) is 3.48. The Morgan fingerprint density at radius 1 is 1.22 bits per heavy atom. The largest absolute Gasteiger partial charge is 0.497 e. The molecule has 0 bridgehead atoms. The lowest BCUT2D eigenvalue weighted by Gasteiger charge is -2.13. The smallest absolute Gasteiger partial charge is 0.256 e. The van der Waals surface area contributed by atoms with Crippen molar-refractivity contribution in [1.82, 2.24) is 14.8 Å². The summed E-state index contributed by atoms with van der Waals surface area (Å²) in [6.45, 7) is 1.89. The third-order valence-corrected chi connectivity index (χ3v) is 4.89. The number of aryl methyl sites for hydroxylation is 2. The summed E-state index contributed by atoms with van der Waals surface area (Å²) < 4.78 is 12.3. The van der Waals surface area contributed by atoms with E-state index in [0.717, 1.165) is 35.3 Å². The lowest BCUT2D eigenvalue weighted by molar-refractivity contribution is 0.102. The zero-order valence-corrected chi connectivity index (χ0v) is 15.9. The van der Waals surface area contributed by atoms with Gasteiger partial charge in [-0.05, 0) is 38.0 Å². The molecule has 0 unspecified atom stereocenters. The average molecular weight is 366 g/mol. The molecule has 1 fully saturated rings. The molecular weight excluding hydrogens is 344 g/mol. The molecule has 1 aromatic carbocycles. The number of rotatable bonds is 5. The molecule has 1 amide bonds. The van der Waals surface area contributed by atoms with Crippen molar-refractivity contribution in [3.8, 4) is 11.5 Å². The van der Waals surface area contributed by atoms with Crippen LogP contribution >= 0.6 is 0 Å². The van der Waals surface area contributed by atoms with Crippen molar-refractivity contribution in [3.05, 3.63) is 41.2 Å². The van der Waals surface area contributed by atoms with E-state index < -0.39 is 0 Å². The highest BCUT2D eigenvalue weighted by Crippen LogP contribution is 2.40. The Balaban J connectivity index is 1.77. The predicted molar refractivity (Wildman–Crippen MR) is 103 cm³/mol. The van der Waals surface area contributed by atoms with Crippen molar-refractivity contribution >= 4 is 22.6 Å². The van der Waals surface area contributed by atoms with Gasteiger partial charge in [-0.1, -0.05) is 0 Å². The monoisotopic (exact) mass is 366 g/mol. The maximum Gasteiger partial charge on any atom is 0.256 e. The molecule has 0 spiro atoms. The highest BCUT2D eigenvalue weighted by atomic mass is 16.5. The molecule has 2 aromatic heterocycles. The van der Waals surface area contributed by atoms with Crippen LogP contribution in [0.2, 0.25) is 0 Å². The predicted octanol–water partition coefficient (Wildman–Crippen LogP) is 3.42. The summed E-state index contributed by atoms with van der Waals surface area (Å²) in [6, 6.07) is 7.19. The SMILES string of the molecule is COc1ccc(NC(=O)c2cc(C3CC3)nc3c2c(C)nn3C)c(OC)c1. The molecule has 0 saturated heterocycles. The zero-order chi connectivity index (χ0) is 19.1. The number of fused-ring (bicyclic) bond motifs is 1. The first-order valence-corrected chi connectivity index (χ1v) is 8.89. The number of hydrogen-bond acceptors (Lipinski definition) is 5. The standard InChI is InChI=1S/C20H22N4O3/c1-11-18-14(10-16(12-5-6-12)21-19(18)24(2)23-11)20(25)22-15-8-7-13(26-3)9-17(15)27-4/h7-10,12H,5-6H2,1-4H3,(H,22,25). The van der Waals surface area contributed by atoms with Crippen molar-refractivity contribution in [2.24, 2.45) is 7.05 Å². The van der Waals surface area contributed by atoms with E-state index in [1.165, 1.54) is 0 Å². The van der Waals surface area contributed by atoms with E-state index in [0.29, 0.717) is 28.7 Å². The van der Waals surface area contributed by atoms with Gasteiger partial charge < -0.3 is 14.8 Å². The van der Waals surface area contributed by atoms with Crippen molar-refractivity contribution in [3.63, 3.8) is 0 Å². The van der Waals surface area contributed by atoms with Gasteiger partial charge in [0.05, 0.1) is 36.6 Å². The number of methoxy groups -OCH3 is 2. The van der Waals surface area contributed by atoms with Crippen LogP contribution in [0.4, 0.5) is 5.69 Å². The third kappa shape index (κ3) is 3.09. The molecular formula is C20H22N4O3. The maximum atomic E-state index is 13.1. The molecule has 0 aliphatic heterocycles. The van der Waals surface area contributed by atoms with Crippen molar-refractivity contribution in [1.29, 1.82) is 0 Å². The van der Waals surface area contributed by atoms with Crippen LogP contribution in [0.5, 0.6) is 11.5 Å². The Hall–Kier alpha value is -3.09. The van der Waals surface area contributed by atoms with E-state index in [-0.39, 0.29) is 5.91 Å². The molecule has 140 valence electrons. The molecule has 1 aliphatic rings. The fourth-order valence-corrected chi connectivity index (χ4v) is 3.32. The number of anilines is 1. The number of carbonyl (C=O) groups excluding carboxylic acids is 1. The summed E-state index contributed by atoms with van der Waals surface area (Å²) in [5.74, 6) is 1.43. The van der Waals surface area contributed by atoms with Crippen molar-refractivity contribution in [2.45, 2.75) is 25.7 Å². The van der Waals surface area contributed by atoms with Crippen LogP contribution in [-0.4, -0.2) is 34.9 Å². The minimum Gasteiger partial charge on any atom is -0.497 e. The Morgan fingerprint density at radius 3 is 2.67 bits per heavy atom. The summed E-state index contributed by atoms with van der Waals surface area (Å²) in [5, 5.41) is 8.19. The molecule has 7 heteroatoms. The number of ether oxygens (including phenoxy) is 2. The van der Waals surface area contributed by atoms with Gasteiger partial charge in [-0.15, -0.1) is 0 Å². The second-order valence-corrected chi connectivity index (χ2v) is 6.80. The summed E-state index contributed by atoms with van der Waals surface area (Å²) >= 11 is 0. The normalized spacial score (nSPS) is 13.6. The number of amides is 1. The van der Waals surface area contributed by atoms with E-state index in [1.807, 2.05) is 20.0 Å². The Bertz CT molecular complexity index is 1040. The third-order valence-electron chi connectivity index (χ3n) is 4.89. The molecule has 1 N–H and O–H groups in total. The number of pyridine rings is 1. The van der Waals surface area contributed by atoms with Crippen LogP contribution in [0, 0.1) is 6.92 Å². The number of nitrogens with one attached hydrogen (secondary N) is 1. The molecule has 2 heterocycles. The van der Waals surface area contributed by atoms with Gasteiger partial charge in [0, 0.05) is 24.7 Å². The molecule has 1 saturated carbocycles. The maximum absolute atomic E-state index is 13.1. The molecule has 7 nitrogen and oxygen atoms in total. The van der Waals surface area contributed by atoms with Crippen molar-refractivity contribution < 1.29 is 14.3 Å². The molecule has 1 aliphatic carbocycles. The Labute approximate surface area is 157 Å². The van der Waals surface area contributed by atoms with Gasteiger partial charge in [0.1, 0.15) is 11.5 Å². The van der Waals surface area contributed by atoms with Gasteiger partial charge in [-0.3, -0.25) is 9.48 Å². The number of aromatic nitrogens is 3. The van der Waals surface area contributed by atoms with E-state index in [2.05, 4.69) is 10.4 Å². The van der Waals surface area contributed by atoms with Crippen LogP contribution in [0.3, 0.4) is 0 Å².